The van der Waals surface area contributed by atoms with E-state index in [4.69, 9.17) is 11.5 Å². The van der Waals surface area contributed by atoms with Crippen LogP contribution >= 0.6 is 0 Å². The van der Waals surface area contributed by atoms with Gasteiger partial charge in [0.25, 0.3) is 20.2 Å². The number of fused-ring (bicyclic) bond motifs is 2. The van der Waals surface area contributed by atoms with Crippen LogP contribution in [0.3, 0.4) is 0 Å². The third-order valence-corrected chi connectivity index (χ3v) is 5.87. The maximum Gasteiger partial charge on any atom is 0.298 e. The Morgan fingerprint density at radius 1 is 0.692 bits per heavy atom. The Balaban J connectivity index is 2.65. The molecular weight excluding hydrogens is 388 g/mol. The lowest BCUT2D eigenvalue weighted by Gasteiger charge is -2.23. The summed E-state index contributed by atoms with van der Waals surface area (Å²) >= 11 is 0. The van der Waals surface area contributed by atoms with E-state index in [0.29, 0.717) is 0 Å². The highest BCUT2D eigenvalue weighted by atomic mass is 32.2. The number of hydrogen-bond acceptors (Lipinski definition) is 8. The van der Waals surface area contributed by atoms with Crippen molar-refractivity contribution in [2.75, 3.05) is 11.5 Å². The van der Waals surface area contributed by atoms with Crippen LogP contribution < -0.4 is 11.5 Å². The lowest BCUT2D eigenvalue weighted by atomic mass is 9.83. The second kappa shape index (κ2) is 5.35. The second-order valence-corrected chi connectivity index (χ2v) is 8.11. The van der Waals surface area contributed by atoms with Gasteiger partial charge in [0.05, 0.1) is 22.5 Å². The molecule has 0 saturated carbocycles. The molecule has 10 nitrogen and oxygen atoms in total. The molecule has 0 aromatic heterocycles. The Labute approximate surface area is 146 Å². The number of benzene rings is 2. The highest BCUT2D eigenvalue weighted by Gasteiger charge is 2.42. The fourth-order valence-electron chi connectivity index (χ4n) is 2.84. The summed E-state index contributed by atoms with van der Waals surface area (Å²) in [6, 6.07) is 5.35. The minimum atomic E-state index is -5.40. The molecule has 26 heavy (non-hydrogen) atoms. The first-order valence-corrected chi connectivity index (χ1v) is 9.63. The van der Waals surface area contributed by atoms with Crippen LogP contribution in [0.2, 0.25) is 0 Å². The number of ketones is 2. The Morgan fingerprint density at radius 3 is 1.54 bits per heavy atom. The standard InChI is InChI=1S/C14H10N2O8S2/c15-9-7-8(12(18)6-4-2-1-3-5(6)11(7)17)13(25(19,20)21)14(10(9)16)26(22,23)24/h1-4H,15-16H2,(H,19,20,21)(H,22,23,24). The van der Waals surface area contributed by atoms with Gasteiger partial charge in [-0.3, -0.25) is 18.7 Å². The molecule has 0 spiro atoms. The third kappa shape index (κ3) is 2.39. The molecule has 0 saturated heterocycles. The van der Waals surface area contributed by atoms with Crippen molar-refractivity contribution in [1.29, 1.82) is 0 Å². The summed E-state index contributed by atoms with van der Waals surface area (Å²) in [5.41, 5.74) is 7.57. The first-order chi connectivity index (χ1) is 11.9. The Bertz CT molecular complexity index is 1230. The monoisotopic (exact) mass is 398 g/mol. The van der Waals surface area contributed by atoms with E-state index in [1.807, 2.05) is 0 Å². The molecule has 12 heteroatoms. The van der Waals surface area contributed by atoms with Crippen LogP contribution in [0.15, 0.2) is 34.1 Å². The highest BCUT2D eigenvalue weighted by Crippen LogP contribution is 2.42. The van der Waals surface area contributed by atoms with E-state index in [2.05, 4.69) is 0 Å². The van der Waals surface area contributed by atoms with Gasteiger partial charge in [0, 0.05) is 11.1 Å². The largest absolute Gasteiger partial charge is 0.396 e. The number of nitrogen functional groups attached to an aromatic ring is 2. The van der Waals surface area contributed by atoms with Crippen LogP contribution in [0.25, 0.3) is 0 Å². The summed E-state index contributed by atoms with van der Waals surface area (Å²) in [5.74, 6) is -1.95. The van der Waals surface area contributed by atoms with Crippen LogP contribution in [-0.2, 0) is 20.2 Å². The molecule has 6 N–H and O–H groups in total. The number of nitrogens with two attached hydrogens (primary N) is 2. The topological polar surface area (TPSA) is 195 Å². The molecular formula is C14H10N2O8S2. The first kappa shape index (κ1) is 18.0. The lowest BCUT2D eigenvalue weighted by Crippen LogP contribution is -2.28. The molecule has 1 aliphatic carbocycles. The van der Waals surface area contributed by atoms with Gasteiger partial charge < -0.3 is 11.5 Å². The minimum absolute atomic E-state index is 0.100. The maximum atomic E-state index is 12.8. The van der Waals surface area contributed by atoms with Crippen LogP contribution in [-0.4, -0.2) is 37.5 Å². The summed E-state index contributed by atoms with van der Waals surface area (Å²) in [6.45, 7) is 0. The van der Waals surface area contributed by atoms with Crippen molar-refractivity contribution < 1.29 is 35.5 Å². The summed E-state index contributed by atoms with van der Waals surface area (Å²) in [6.07, 6.45) is 0. The van der Waals surface area contributed by atoms with Crippen LogP contribution in [0.1, 0.15) is 31.8 Å². The summed E-state index contributed by atoms with van der Waals surface area (Å²) in [7, 11) is -10.7. The van der Waals surface area contributed by atoms with Gasteiger partial charge in [0.15, 0.2) is 11.6 Å². The van der Waals surface area contributed by atoms with E-state index in [1.54, 1.807) is 0 Å². The van der Waals surface area contributed by atoms with Crippen molar-refractivity contribution in [2.45, 2.75) is 9.79 Å². The average Bonchev–Trinajstić information content (AvgIpc) is 2.52. The fraction of sp³-hybridized carbons (Fsp3) is 0. The second-order valence-electron chi connectivity index (χ2n) is 5.39. The van der Waals surface area contributed by atoms with E-state index in [-0.39, 0.29) is 11.1 Å². The van der Waals surface area contributed by atoms with Crippen molar-refractivity contribution in [3.8, 4) is 0 Å². The number of hydrogen-bond donors (Lipinski definition) is 4. The van der Waals surface area contributed by atoms with Crippen molar-refractivity contribution >= 4 is 43.2 Å². The molecule has 0 amide bonds. The molecule has 0 heterocycles. The van der Waals surface area contributed by atoms with Gasteiger partial charge in [-0.25, -0.2) is 0 Å². The van der Waals surface area contributed by atoms with Crippen LogP contribution in [0, 0.1) is 0 Å². The predicted molar refractivity (Wildman–Crippen MR) is 88.2 cm³/mol. The summed E-state index contributed by atoms with van der Waals surface area (Å²) < 4.78 is 65.8. The molecule has 0 aliphatic heterocycles. The van der Waals surface area contributed by atoms with Gasteiger partial charge >= 0.3 is 0 Å². The van der Waals surface area contributed by atoms with E-state index in [9.17, 15) is 35.5 Å². The normalized spacial score (nSPS) is 14.1. The molecule has 2 aromatic carbocycles. The van der Waals surface area contributed by atoms with Crippen molar-refractivity contribution in [2.24, 2.45) is 0 Å². The average molecular weight is 398 g/mol. The molecule has 0 fully saturated rings. The zero-order valence-corrected chi connectivity index (χ0v) is 14.3. The molecule has 2 aromatic rings. The van der Waals surface area contributed by atoms with E-state index >= 15 is 0 Å². The van der Waals surface area contributed by atoms with Crippen molar-refractivity contribution in [3.05, 3.63) is 46.5 Å². The van der Waals surface area contributed by atoms with E-state index < -0.39 is 64.1 Å². The molecule has 1 aliphatic rings. The molecule has 0 atom stereocenters. The molecule has 0 radical (unpaired) electrons. The maximum absolute atomic E-state index is 12.8. The fourth-order valence-corrected chi connectivity index (χ4v) is 5.00. The van der Waals surface area contributed by atoms with E-state index in [1.165, 1.54) is 24.3 Å². The van der Waals surface area contributed by atoms with Gasteiger partial charge in [-0.15, -0.1) is 0 Å². The zero-order valence-electron chi connectivity index (χ0n) is 12.6. The van der Waals surface area contributed by atoms with E-state index in [0.717, 1.165) is 0 Å². The Morgan fingerprint density at radius 2 is 1.12 bits per heavy atom. The SMILES string of the molecule is Nc1c(N)c(S(=O)(=O)O)c(S(=O)(=O)O)c2c1C(=O)c1ccccc1C2=O. The number of carbonyl (C=O) groups excluding carboxylic acids is 2. The number of carbonyl (C=O) groups is 2. The van der Waals surface area contributed by atoms with Gasteiger partial charge in [0.1, 0.15) is 9.79 Å². The first-order valence-electron chi connectivity index (χ1n) is 6.75. The summed E-state index contributed by atoms with van der Waals surface area (Å²) in [4.78, 5) is 22.5. The molecule has 136 valence electrons. The van der Waals surface area contributed by atoms with Gasteiger partial charge in [-0.2, -0.15) is 16.8 Å². The Hall–Kier alpha value is -2.80. The van der Waals surface area contributed by atoms with Crippen LogP contribution in [0.4, 0.5) is 11.4 Å². The minimum Gasteiger partial charge on any atom is -0.396 e. The number of anilines is 2. The van der Waals surface area contributed by atoms with Gasteiger partial charge in [-0.05, 0) is 0 Å². The molecule has 0 bridgehead atoms. The van der Waals surface area contributed by atoms with Crippen LogP contribution in [0.5, 0.6) is 0 Å². The van der Waals surface area contributed by atoms with Crippen molar-refractivity contribution in [1.82, 2.24) is 0 Å². The zero-order chi connectivity index (χ0) is 19.6. The molecule has 0 unspecified atom stereocenters. The lowest BCUT2D eigenvalue weighted by molar-refractivity contribution is 0.0976. The highest BCUT2D eigenvalue weighted by molar-refractivity contribution is 7.89. The molecule has 3 rings (SSSR count). The predicted octanol–water partition coefficient (Wildman–Crippen LogP) is 0.120. The van der Waals surface area contributed by atoms with Gasteiger partial charge in [0.2, 0.25) is 0 Å². The smallest absolute Gasteiger partial charge is 0.298 e. The summed E-state index contributed by atoms with van der Waals surface area (Å²) in [5, 5.41) is 0. The van der Waals surface area contributed by atoms with Gasteiger partial charge in [-0.1, -0.05) is 24.3 Å². The Kier molecular flexibility index (Phi) is 3.70. The quantitative estimate of drug-likeness (QED) is 0.340. The van der Waals surface area contributed by atoms with Crippen molar-refractivity contribution in [3.63, 3.8) is 0 Å². The number of rotatable bonds is 2. The third-order valence-electron chi connectivity index (χ3n) is 3.87.